The second-order valence-electron chi connectivity index (χ2n) is 4.04. The first-order valence-electron chi connectivity index (χ1n) is 5.30. The average molecular weight is 214 g/mol. The van der Waals surface area contributed by atoms with Crippen LogP contribution in [-0.2, 0) is 0 Å². The number of rotatable bonds is 3. The Labute approximate surface area is 94.7 Å². The molecule has 0 bridgehead atoms. The number of benzene rings is 1. The third-order valence-electron chi connectivity index (χ3n) is 2.51. The van der Waals surface area contributed by atoms with E-state index in [-0.39, 0.29) is 0 Å². The lowest BCUT2D eigenvalue weighted by Gasteiger charge is -2.03. The van der Waals surface area contributed by atoms with Crippen molar-refractivity contribution in [2.45, 2.75) is 19.9 Å². The smallest absolute Gasteiger partial charge is 0.150 e. The molecular weight excluding hydrogens is 200 g/mol. The van der Waals surface area contributed by atoms with Gasteiger partial charge in [-0.05, 0) is 19.4 Å². The standard InChI is InChI=1S/C13H14N2O/c1-10(2)15-8-13(7-14-15)12-5-3-11(9-16)4-6-12/h3-10H,1-2H3. The normalized spacial score (nSPS) is 10.7. The number of carbonyl (C=O) groups is 1. The van der Waals surface area contributed by atoms with Crippen LogP contribution in [-0.4, -0.2) is 16.1 Å². The van der Waals surface area contributed by atoms with Crippen molar-refractivity contribution in [2.24, 2.45) is 0 Å². The SMILES string of the molecule is CC(C)n1cc(-c2ccc(C=O)cc2)cn1. The van der Waals surface area contributed by atoms with Gasteiger partial charge in [-0.25, -0.2) is 0 Å². The molecule has 0 saturated heterocycles. The molecule has 1 aromatic carbocycles. The summed E-state index contributed by atoms with van der Waals surface area (Å²) in [5, 5.41) is 4.28. The molecule has 1 aromatic heterocycles. The maximum atomic E-state index is 10.5. The van der Waals surface area contributed by atoms with Crippen LogP contribution in [0.15, 0.2) is 36.7 Å². The van der Waals surface area contributed by atoms with E-state index in [0.717, 1.165) is 17.4 Å². The Hall–Kier alpha value is -1.90. The molecule has 0 radical (unpaired) electrons. The van der Waals surface area contributed by atoms with Crippen LogP contribution < -0.4 is 0 Å². The molecule has 0 fully saturated rings. The minimum atomic E-state index is 0.364. The van der Waals surface area contributed by atoms with E-state index in [4.69, 9.17) is 0 Å². The van der Waals surface area contributed by atoms with Gasteiger partial charge in [0.05, 0.1) is 6.20 Å². The van der Waals surface area contributed by atoms with Crippen LogP contribution in [0.5, 0.6) is 0 Å². The third-order valence-corrected chi connectivity index (χ3v) is 2.51. The molecule has 0 aliphatic rings. The zero-order chi connectivity index (χ0) is 11.5. The van der Waals surface area contributed by atoms with Gasteiger partial charge in [-0.1, -0.05) is 24.3 Å². The number of hydrogen-bond acceptors (Lipinski definition) is 2. The molecule has 2 aromatic rings. The summed E-state index contributed by atoms with van der Waals surface area (Å²) < 4.78 is 1.92. The summed E-state index contributed by atoms with van der Waals surface area (Å²) in [6, 6.07) is 7.86. The predicted octanol–water partition coefficient (Wildman–Crippen LogP) is 2.94. The Morgan fingerprint density at radius 3 is 2.38 bits per heavy atom. The van der Waals surface area contributed by atoms with Gasteiger partial charge in [0.2, 0.25) is 0 Å². The number of hydrogen-bond donors (Lipinski definition) is 0. The Morgan fingerprint density at radius 2 is 1.88 bits per heavy atom. The quantitative estimate of drug-likeness (QED) is 0.736. The Balaban J connectivity index is 2.31. The Kier molecular flexibility index (Phi) is 2.86. The Bertz CT molecular complexity index is 483. The molecule has 0 N–H and O–H groups in total. The summed E-state index contributed by atoms with van der Waals surface area (Å²) in [5.41, 5.74) is 2.85. The van der Waals surface area contributed by atoms with Gasteiger partial charge in [0.25, 0.3) is 0 Å². The molecule has 0 aliphatic heterocycles. The predicted molar refractivity (Wildman–Crippen MR) is 63.4 cm³/mol. The summed E-state index contributed by atoms with van der Waals surface area (Å²) in [7, 11) is 0. The molecule has 82 valence electrons. The fourth-order valence-electron chi connectivity index (χ4n) is 1.52. The van der Waals surface area contributed by atoms with Gasteiger partial charge in [0.1, 0.15) is 6.29 Å². The highest BCUT2D eigenvalue weighted by Gasteiger charge is 2.03. The summed E-state index contributed by atoms with van der Waals surface area (Å²) in [6.07, 6.45) is 4.71. The Morgan fingerprint density at radius 1 is 1.19 bits per heavy atom. The molecule has 3 heteroatoms. The zero-order valence-corrected chi connectivity index (χ0v) is 9.42. The van der Waals surface area contributed by atoms with Crippen LogP contribution in [0.2, 0.25) is 0 Å². The third kappa shape index (κ3) is 2.03. The van der Waals surface area contributed by atoms with E-state index in [9.17, 15) is 4.79 Å². The monoisotopic (exact) mass is 214 g/mol. The molecule has 1 heterocycles. The van der Waals surface area contributed by atoms with Crippen molar-refractivity contribution in [3.63, 3.8) is 0 Å². The molecule has 0 aliphatic carbocycles. The number of aldehydes is 1. The lowest BCUT2D eigenvalue weighted by molar-refractivity contribution is 0.112. The highest BCUT2D eigenvalue weighted by molar-refractivity contribution is 5.76. The van der Waals surface area contributed by atoms with Crippen molar-refractivity contribution in [1.29, 1.82) is 0 Å². The average Bonchev–Trinajstić information content (AvgIpc) is 2.78. The van der Waals surface area contributed by atoms with Crippen LogP contribution in [0, 0.1) is 0 Å². The van der Waals surface area contributed by atoms with Crippen LogP contribution in [0.1, 0.15) is 30.2 Å². The van der Waals surface area contributed by atoms with Crippen molar-refractivity contribution in [1.82, 2.24) is 9.78 Å². The molecule has 0 atom stereocenters. The van der Waals surface area contributed by atoms with Gasteiger partial charge in [0, 0.05) is 23.4 Å². The topological polar surface area (TPSA) is 34.9 Å². The molecule has 0 amide bonds. The number of nitrogens with zero attached hydrogens (tertiary/aromatic N) is 2. The van der Waals surface area contributed by atoms with Gasteiger partial charge in [-0.2, -0.15) is 5.10 Å². The van der Waals surface area contributed by atoms with Crippen LogP contribution in [0.25, 0.3) is 11.1 Å². The van der Waals surface area contributed by atoms with Crippen molar-refractivity contribution >= 4 is 6.29 Å². The highest BCUT2D eigenvalue weighted by Crippen LogP contribution is 2.19. The first kappa shape index (κ1) is 10.6. The summed E-state index contributed by atoms with van der Waals surface area (Å²) >= 11 is 0. The van der Waals surface area contributed by atoms with Crippen LogP contribution in [0.3, 0.4) is 0 Å². The minimum absolute atomic E-state index is 0.364. The van der Waals surface area contributed by atoms with Crippen LogP contribution in [0.4, 0.5) is 0 Å². The number of carbonyl (C=O) groups excluding carboxylic acids is 1. The van der Waals surface area contributed by atoms with Crippen molar-refractivity contribution in [2.75, 3.05) is 0 Å². The van der Waals surface area contributed by atoms with E-state index >= 15 is 0 Å². The maximum absolute atomic E-state index is 10.5. The van der Waals surface area contributed by atoms with Crippen molar-refractivity contribution in [3.05, 3.63) is 42.2 Å². The largest absolute Gasteiger partial charge is 0.298 e. The van der Waals surface area contributed by atoms with E-state index in [2.05, 4.69) is 18.9 Å². The van der Waals surface area contributed by atoms with Gasteiger partial charge in [-0.15, -0.1) is 0 Å². The first-order valence-corrected chi connectivity index (χ1v) is 5.30. The van der Waals surface area contributed by atoms with E-state index in [1.165, 1.54) is 0 Å². The van der Waals surface area contributed by atoms with Gasteiger partial charge in [0.15, 0.2) is 0 Å². The van der Waals surface area contributed by atoms with Gasteiger partial charge in [-0.3, -0.25) is 9.48 Å². The lowest BCUT2D eigenvalue weighted by atomic mass is 10.1. The number of aromatic nitrogens is 2. The molecule has 0 spiro atoms. The van der Waals surface area contributed by atoms with Crippen molar-refractivity contribution in [3.8, 4) is 11.1 Å². The molecule has 2 rings (SSSR count). The molecular formula is C13H14N2O. The first-order chi connectivity index (χ1) is 7.70. The van der Waals surface area contributed by atoms with E-state index in [1.807, 2.05) is 41.3 Å². The maximum Gasteiger partial charge on any atom is 0.150 e. The van der Waals surface area contributed by atoms with Gasteiger partial charge >= 0.3 is 0 Å². The van der Waals surface area contributed by atoms with E-state index in [0.29, 0.717) is 11.6 Å². The zero-order valence-electron chi connectivity index (χ0n) is 9.42. The highest BCUT2D eigenvalue weighted by atomic mass is 16.1. The van der Waals surface area contributed by atoms with E-state index < -0.39 is 0 Å². The van der Waals surface area contributed by atoms with Gasteiger partial charge < -0.3 is 0 Å². The summed E-state index contributed by atoms with van der Waals surface area (Å²) in [5.74, 6) is 0. The molecule has 0 saturated carbocycles. The molecule has 16 heavy (non-hydrogen) atoms. The molecule has 3 nitrogen and oxygen atoms in total. The fourth-order valence-corrected chi connectivity index (χ4v) is 1.52. The van der Waals surface area contributed by atoms with E-state index in [1.54, 1.807) is 0 Å². The summed E-state index contributed by atoms with van der Waals surface area (Å²) in [4.78, 5) is 10.5. The summed E-state index contributed by atoms with van der Waals surface area (Å²) in [6.45, 7) is 4.18. The second kappa shape index (κ2) is 4.31. The van der Waals surface area contributed by atoms with Crippen molar-refractivity contribution < 1.29 is 4.79 Å². The second-order valence-corrected chi connectivity index (χ2v) is 4.04. The lowest BCUT2D eigenvalue weighted by Crippen LogP contribution is -1.99. The van der Waals surface area contributed by atoms with Crippen LogP contribution >= 0.6 is 0 Å². The molecule has 0 unspecified atom stereocenters. The fraction of sp³-hybridized carbons (Fsp3) is 0.231. The minimum Gasteiger partial charge on any atom is -0.298 e.